The van der Waals surface area contributed by atoms with E-state index in [1.807, 2.05) is 24.3 Å². The molecule has 3 aromatic rings. The summed E-state index contributed by atoms with van der Waals surface area (Å²) < 4.78 is 0. The number of nitrogens with zero attached hydrogens (tertiary/aromatic N) is 4. The molecule has 3 heterocycles. The van der Waals surface area contributed by atoms with E-state index in [-0.39, 0.29) is 0 Å². The van der Waals surface area contributed by atoms with Crippen molar-refractivity contribution >= 4 is 16.7 Å². The summed E-state index contributed by atoms with van der Waals surface area (Å²) in [5, 5.41) is 20.7. The first-order valence-corrected chi connectivity index (χ1v) is 8.80. The number of hydrogen-bond acceptors (Lipinski definition) is 5. The Kier molecular flexibility index (Phi) is 4.57. The molecule has 0 aliphatic carbocycles. The number of pyridine rings is 1. The lowest BCUT2D eigenvalue weighted by atomic mass is 10.2. The van der Waals surface area contributed by atoms with Gasteiger partial charge in [0.05, 0.1) is 6.10 Å². The Bertz CT molecular complexity index is 912. The first kappa shape index (κ1) is 16.6. The number of rotatable bonds is 3. The molecule has 1 saturated heterocycles. The van der Waals surface area contributed by atoms with Crippen molar-refractivity contribution in [2.45, 2.75) is 12.6 Å². The molecule has 6 heteroatoms. The van der Waals surface area contributed by atoms with Crippen LogP contribution in [0.15, 0.2) is 48.5 Å². The molecule has 0 radical (unpaired) electrons. The fourth-order valence-electron chi connectivity index (χ4n) is 3.53. The number of aromatic nitrogens is 2. The van der Waals surface area contributed by atoms with Crippen molar-refractivity contribution in [1.82, 2.24) is 14.9 Å². The number of aliphatic hydroxyl groups is 1. The summed E-state index contributed by atoms with van der Waals surface area (Å²) in [7, 11) is 0. The van der Waals surface area contributed by atoms with E-state index < -0.39 is 6.10 Å². The Morgan fingerprint density at radius 1 is 1.15 bits per heavy atom. The maximum absolute atomic E-state index is 10.4. The minimum Gasteiger partial charge on any atom is -0.390 e. The van der Waals surface area contributed by atoms with Crippen LogP contribution in [0.25, 0.3) is 10.9 Å². The van der Waals surface area contributed by atoms with E-state index in [4.69, 9.17) is 5.26 Å². The molecule has 2 N–H and O–H groups in total. The van der Waals surface area contributed by atoms with Crippen LogP contribution in [-0.2, 0) is 6.54 Å². The zero-order valence-electron chi connectivity index (χ0n) is 14.5. The minimum absolute atomic E-state index is 0.399. The number of benzene rings is 1. The Morgan fingerprint density at radius 3 is 2.88 bits per heavy atom. The molecular formula is C20H21N5O. The molecule has 1 aromatic carbocycles. The number of nitriles is 1. The highest BCUT2D eigenvalue weighted by molar-refractivity contribution is 5.80. The molecule has 1 fully saturated rings. The van der Waals surface area contributed by atoms with E-state index in [9.17, 15) is 5.11 Å². The summed E-state index contributed by atoms with van der Waals surface area (Å²) in [4.78, 5) is 12.1. The Morgan fingerprint density at radius 2 is 2.04 bits per heavy atom. The van der Waals surface area contributed by atoms with Crippen LogP contribution in [0.5, 0.6) is 0 Å². The number of para-hydroxylation sites is 1. The monoisotopic (exact) mass is 347 g/mol. The van der Waals surface area contributed by atoms with Crippen molar-refractivity contribution in [3.8, 4) is 6.07 Å². The third-order valence-corrected chi connectivity index (χ3v) is 4.74. The highest BCUT2D eigenvalue weighted by atomic mass is 16.3. The van der Waals surface area contributed by atoms with Crippen LogP contribution in [0.2, 0.25) is 0 Å². The number of aliphatic hydroxyl groups excluding tert-OH is 1. The standard InChI is InChI=1S/C20H21N5O/c21-11-16-5-3-7-20(23-16)25-9-8-24(13-18(26)14-25)12-17-10-15-4-1-2-6-19(15)22-17/h1-7,10,18,22,26H,8-9,12-14H2. The van der Waals surface area contributed by atoms with Crippen molar-refractivity contribution in [2.75, 3.05) is 31.1 Å². The van der Waals surface area contributed by atoms with Crippen molar-refractivity contribution in [1.29, 1.82) is 5.26 Å². The van der Waals surface area contributed by atoms with Gasteiger partial charge in [-0.05, 0) is 29.7 Å². The number of H-pyrrole nitrogens is 1. The van der Waals surface area contributed by atoms with Crippen molar-refractivity contribution in [3.05, 3.63) is 59.9 Å². The fraction of sp³-hybridized carbons (Fsp3) is 0.300. The van der Waals surface area contributed by atoms with Crippen molar-refractivity contribution in [3.63, 3.8) is 0 Å². The molecule has 0 saturated carbocycles. The minimum atomic E-state index is -0.463. The predicted octanol–water partition coefficient (Wildman–Crippen LogP) is 2.12. The van der Waals surface area contributed by atoms with Gasteiger partial charge in [-0.3, -0.25) is 4.90 Å². The highest BCUT2D eigenvalue weighted by Crippen LogP contribution is 2.18. The van der Waals surface area contributed by atoms with Crippen LogP contribution >= 0.6 is 0 Å². The lowest BCUT2D eigenvalue weighted by Gasteiger charge is -2.22. The zero-order chi connectivity index (χ0) is 17.9. The van der Waals surface area contributed by atoms with Gasteiger partial charge in [0.2, 0.25) is 0 Å². The largest absolute Gasteiger partial charge is 0.390 e. The van der Waals surface area contributed by atoms with Crippen LogP contribution in [0, 0.1) is 11.3 Å². The second-order valence-electron chi connectivity index (χ2n) is 6.71. The average molecular weight is 347 g/mol. The third kappa shape index (κ3) is 3.54. The molecule has 26 heavy (non-hydrogen) atoms. The molecule has 1 unspecified atom stereocenters. The van der Waals surface area contributed by atoms with Crippen LogP contribution in [0.4, 0.5) is 5.82 Å². The smallest absolute Gasteiger partial charge is 0.142 e. The van der Waals surface area contributed by atoms with E-state index >= 15 is 0 Å². The fourth-order valence-corrected chi connectivity index (χ4v) is 3.53. The number of fused-ring (bicyclic) bond motifs is 1. The van der Waals surface area contributed by atoms with Gasteiger partial charge in [-0.25, -0.2) is 4.98 Å². The molecule has 0 amide bonds. The lowest BCUT2D eigenvalue weighted by molar-refractivity contribution is 0.128. The normalized spacial score (nSPS) is 18.6. The van der Waals surface area contributed by atoms with Gasteiger partial charge in [0.1, 0.15) is 17.6 Å². The Labute approximate surface area is 152 Å². The van der Waals surface area contributed by atoms with E-state index in [0.717, 1.165) is 36.7 Å². The molecule has 132 valence electrons. The van der Waals surface area contributed by atoms with Crippen molar-refractivity contribution in [2.24, 2.45) is 0 Å². The highest BCUT2D eigenvalue weighted by Gasteiger charge is 2.22. The summed E-state index contributed by atoms with van der Waals surface area (Å²) in [6, 6.07) is 17.9. The van der Waals surface area contributed by atoms with E-state index in [1.165, 1.54) is 5.39 Å². The Balaban J connectivity index is 1.47. The van der Waals surface area contributed by atoms with Gasteiger partial charge in [0, 0.05) is 43.9 Å². The van der Waals surface area contributed by atoms with Crippen LogP contribution < -0.4 is 4.90 Å². The number of hydrogen-bond donors (Lipinski definition) is 2. The number of anilines is 1. The van der Waals surface area contributed by atoms with E-state index in [0.29, 0.717) is 18.8 Å². The summed E-state index contributed by atoms with van der Waals surface area (Å²) in [5.74, 6) is 0.746. The summed E-state index contributed by atoms with van der Waals surface area (Å²) >= 11 is 0. The van der Waals surface area contributed by atoms with Crippen LogP contribution in [0.3, 0.4) is 0 Å². The molecule has 0 spiro atoms. The van der Waals surface area contributed by atoms with E-state index in [1.54, 1.807) is 6.07 Å². The summed E-state index contributed by atoms with van der Waals surface area (Å²) in [6.45, 7) is 3.49. The first-order chi connectivity index (χ1) is 12.7. The second kappa shape index (κ2) is 7.16. The topological polar surface area (TPSA) is 79.2 Å². The first-order valence-electron chi connectivity index (χ1n) is 8.80. The average Bonchev–Trinajstić information content (AvgIpc) is 2.97. The van der Waals surface area contributed by atoms with Crippen LogP contribution in [-0.4, -0.2) is 52.3 Å². The number of β-amino-alcohol motifs (C(OH)–C–C–N with tert-alkyl or cyclic N) is 1. The third-order valence-electron chi connectivity index (χ3n) is 4.74. The quantitative estimate of drug-likeness (QED) is 0.759. The number of aromatic amines is 1. The molecule has 2 aromatic heterocycles. The number of nitrogens with one attached hydrogen (secondary N) is 1. The second-order valence-corrected chi connectivity index (χ2v) is 6.71. The van der Waals surface area contributed by atoms with Crippen LogP contribution in [0.1, 0.15) is 11.4 Å². The molecule has 1 aliphatic heterocycles. The van der Waals surface area contributed by atoms with Crippen molar-refractivity contribution < 1.29 is 5.11 Å². The van der Waals surface area contributed by atoms with E-state index in [2.05, 4.69) is 44.0 Å². The maximum Gasteiger partial charge on any atom is 0.142 e. The van der Waals surface area contributed by atoms with Gasteiger partial charge < -0.3 is 15.0 Å². The van der Waals surface area contributed by atoms with Gasteiger partial charge in [0.25, 0.3) is 0 Å². The zero-order valence-corrected chi connectivity index (χ0v) is 14.5. The lowest BCUT2D eigenvalue weighted by Crippen LogP contribution is -2.33. The molecule has 6 nitrogen and oxygen atoms in total. The predicted molar refractivity (Wildman–Crippen MR) is 101 cm³/mol. The van der Waals surface area contributed by atoms with Gasteiger partial charge in [0.15, 0.2) is 0 Å². The molecule has 1 aliphatic rings. The van der Waals surface area contributed by atoms with Gasteiger partial charge in [-0.1, -0.05) is 24.3 Å². The summed E-state index contributed by atoms with van der Waals surface area (Å²) in [6.07, 6.45) is -0.463. The molecule has 4 rings (SSSR count). The molecular weight excluding hydrogens is 326 g/mol. The molecule has 1 atom stereocenters. The summed E-state index contributed by atoms with van der Waals surface area (Å²) in [5.41, 5.74) is 2.68. The Hall–Kier alpha value is -2.88. The maximum atomic E-state index is 10.4. The molecule has 0 bridgehead atoms. The van der Waals surface area contributed by atoms with Gasteiger partial charge in [-0.2, -0.15) is 5.26 Å². The SMILES string of the molecule is N#Cc1cccc(N2CCN(Cc3cc4ccccc4[nH]3)CC(O)C2)n1. The van der Waals surface area contributed by atoms with Gasteiger partial charge in [-0.15, -0.1) is 0 Å². The van der Waals surface area contributed by atoms with Gasteiger partial charge >= 0.3 is 0 Å².